The molecule has 2 amide bonds. The summed E-state index contributed by atoms with van der Waals surface area (Å²) in [5.74, 6) is 0. The summed E-state index contributed by atoms with van der Waals surface area (Å²) in [7, 11) is 1.65. The molecule has 0 aliphatic carbocycles. The number of nitrogens with zero attached hydrogens (tertiary/aromatic N) is 4. The Morgan fingerprint density at radius 3 is 2.82 bits per heavy atom. The SMILES string of the molecule is CSC(C)c1nnc(N2C(=O)N(C)CC2O)s1. The minimum absolute atomic E-state index is 0.239. The largest absolute Gasteiger partial charge is 0.371 e. The highest BCUT2D eigenvalue weighted by Gasteiger charge is 2.37. The normalized spacial score (nSPS) is 22.4. The Bertz CT molecular complexity index is 425. The maximum atomic E-state index is 11.8. The predicted octanol–water partition coefficient (Wildman–Crippen LogP) is 1.15. The molecule has 0 aromatic carbocycles. The van der Waals surface area contributed by atoms with Crippen molar-refractivity contribution in [2.75, 3.05) is 24.7 Å². The first-order valence-corrected chi connectivity index (χ1v) is 7.23. The monoisotopic (exact) mass is 274 g/mol. The Labute approximate surface area is 108 Å². The number of rotatable bonds is 3. The van der Waals surface area contributed by atoms with Crippen molar-refractivity contribution in [1.29, 1.82) is 0 Å². The zero-order valence-electron chi connectivity index (χ0n) is 9.82. The highest BCUT2D eigenvalue weighted by atomic mass is 32.2. The number of β-amino-alcohol motifs (C(OH)–C–C–N with tert-alkyl or cyclic N) is 1. The van der Waals surface area contributed by atoms with Gasteiger partial charge in [-0.3, -0.25) is 0 Å². The average Bonchev–Trinajstić information content (AvgIpc) is 2.85. The van der Waals surface area contributed by atoms with Crippen molar-refractivity contribution >= 4 is 34.3 Å². The van der Waals surface area contributed by atoms with Gasteiger partial charge in [0, 0.05) is 7.05 Å². The van der Waals surface area contributed by atoms with E-state index in [2.05, 4.69) is 10.2 Å². The molecule has 0 saturated carbocycles. The van der Waals surface area contributed by atoms with Gasteiger partial charge in [0.2, 0.25) is 5.13 Å². The van der Waals surface area contributed by atoms with Crippen LogP contribution in [0.5, 0.6) is 0 Å². The molecule has 1 N–H and O–H groups in total. The summed E-state index contributed by atoms with van der Waals surface area (Å²) in [6.45, 7) is 2.33. The number of aliphatic hydroxyl groups is 1. The summed E-state index contributed by atoms with van der Waals surface area (Å²) in [4.78, 5) is 14.5. The van der Waals surface area contributed by atoms with E-state index in [0.717, 1.165) is 5.01 Å². The summed E-state index contributed by atoms with van der Waals surface area (Å²) in [5.41, 5.74) is 0. The summed E-state index contributed by atoms with van der Waals surface area (Å²) >= 11 is 3.02. The second-order valence-electron chi connectivity index (χ2n) is 3.81. The fourth-order valence-electron chi connectivity index (χ4n) is 1.51. The Hall–Kier alpha value is -0.860. The molecule has 1 saturated heterocycles. The molecule has 94 valence electrons. The second-order valence-corrected chi connectivity index (χ2v) is 5.98. The maximum Gasteiger partial charge on any atom is 0.328 e. The van der Waals surface area contributed by atoms with Gasteiger partial charge in [0.15, 0.2) is 6.23 Å². The molecular formula is C9H14N4O2S2. The van der Waals surface area contributed by atoms with Crippen LogP contribution in [-0.2, 0) is 0 Å². The van der Waals surface area contributed by atoms with Gasteiger partial charge in [-0.2, -0.15) is 11.8 Å². The lowest BCUT2D eigenvalue weighted by Gasteiger charge is -2.14. The predicted molar refractivity (Wildman–Crippen MR) is 68.4 cm³/mol. The van der Waals surface area contributed by atoms with Crippen molar-refractivity contribution in [1.82, 2.24) is 15.1 Å². The first-order valence-electron chi connectivity index (χ1n) is 5.13. The zero-order chi connectivity index (χ0) is 12.6. The third-order valence-corrected chi connectivity index (χ3v) is 4.79. The molecule has 2 atom stereocenters. The van der Waals surface area contributed by atoms with E-state index in [1.807, 2.05) is 13.2 Å². The van der Waals surface area contributed by atoms with Crippen LogP contribution in [0, 0.1) is 0 Å². The van der Waals surface area contributed by atoms with Crippen molar-refractivity contribution in [2.24, 2.45) is 0 Å². The van der Waals surface area contributed by atoms with Crippen LogP contribution in [0.1, 0.15) is 17.2 Å². The van der Waals surface area contributed by atoms with Crippen LogP contribution in [0.15, 0.2) is 0 Å². The van der Waals surface area contributed by atoms with Gasteiger partial charge < -0.3 is 10.0 Å². The highest BCUT2D eigenvalue weighted by Crippen LogP contribution is 2.33. The molecule has 2 rings (SSSR count). The van der Waals surface area contributed by atoms with Crippen LogP contribution in [0.25, 0.3) is 0 Å². The number of hydrogen-bond acceptors (Lipinski definition) is 6. The van der Waals surface area contributed by atoms with E-state index in [9.17, 15) is 9.90 Å². The van der Waals surface area contributed by atoms with Gasteiger partial charge >= 0.3 is 6.03 Å². The smallest absolute Gasteiger partial charge is 0.328 e. The van der Waals surface area contributed by atoms with Crippen LogP contribution < -0.4 is 4.90 Å². The molecule has 0 radical (unpaired) electrons. The fraction of sp³-hybridized carbons (Fsp3) is 0.667. The number of thioether (sulfide) groups is 1. The number of carbonyl (C=O) groups is 1. The third kappa shape index (κ3) is 2.24. The van der Waals surface area contributed by atoms with Crippen LogP contribution >= 0.6 is 23.1 Å². The van der Waals surface area contributed by atoms with E-state index in [1.165, 1.54) is 21.1 Å². The van der Waals surface area contributed by atoms with Gasteiger partial charge in [-0.15, -0.1) is 10.2 Å². The van der Waals surface area contributed by atoms with Gasteiger partial charge in [-0.05, 0) is 13.2 Å². The summed E-state index contributed by atoms with van der Waals surface area (Å²) in [5, 5.41) is 19.4. The number of aliphatic hydroxyl groups excluding tert-OH is 1. The van der Waals surface area contributed by atoms with E-state index in [-0.39, 0.29) is 11.3 Å². The summed E-state index contributed by atoms with van der Waals surface area (Å²) < 4.78 is 0. The first kappa shape index (κ1) is 12.6. The molecular weight excluding hydrogens is 260 g/mol. The van der Waals surface area contributed by atoms with E-state index in [4.69, 9.17) is 0 Å². The average molecular weight is 274 g/mol. The van der Waals surface area contributed by atoms with Crippen molar-refractivity contribution in [3.63, 3.8) is 0 Å². The lowest BCUT2D eigenvalue weighted by Crippen LogP contribution is -2.34. The summed E-state index contributed by atoms with van der Waals surface area (Å²) in [6.07, 6.45) is 1.16. The molecule has 1 aromatic heterocycles. The Morgan fingerprint density at radius 1 is 1.59 bits per heavy atom. The fourth-order valence-corrected chi connectivity index (χ4v) is 3.01. The van der Waals surface area contributed by atoms with Crippen molar-refractivity contribution in [2.45, 2.75) is 18.4 Å². The first-order chi connectivity index (χ1) is 8.04. The molecule has 0 spiro atoms. The Kier molecular flexibility index (Phi) is 3.55. The minimum Gasteiger partial charge on any atom is -0.371 e. The van der Waals surface area contributed by atoms with Gasteiger partial charge in [-0.25, -0.2) is 9.69 Å². The van der Waals surface area contributed by atoms with Crippen LogP contribution in [-0.4, -0.2) is 52.3 Å². The van der Waals surface area contributed by atoms with Crippen LogP contribution in [0.4, 0.5) is 9.93 Å². The molecule has 6 nitrogen and oxygen atoms in total. The topological polar surface area (TPSA) is 69.6 Å². The molecule has 1 aliphatic rings. The molecule has 1 aromatic rings. The minimum atomic E-state index is -0.835. The number of carbonyl (C=O) groups excluding carboxylic acids is 1. The van der Waals surface area contributed by atoms with Crippen molar-refractivity contribution in [3.05, 3.63) is 5.01 Å². The van der Waals surface area contributed by atoms with E-state index in [1.54, 1.807) is 18.8 Å². The zero-order valence-corrected chi connectivity index (χ0v) is 11.5. The van der Waals surface area contributed by atoms with E-state index in [0.29, 0.717) is 11.7 Å². The van der Waals surface area contributed by atoms with Gasteiger partial charge in [0.1, 0.15) is 5.01 Å². The quantitative estimate of drug-likeness (QED) is 0.895. The third-order valence-electron chi connectivity index (χ3n) is 2.61. The Morgan fingerprint density at radius 2 is 2.29 bits per heavy atom. The van der Waals surface area contributed by atoms with Gasteiger partial charge in [-0.1, -0.05) is 11.3 Å². The highest BCUT2D eigenvalue weighted by molar-refractivity contribution is 7.98. The lowest BCUT2D eigenvalue weighted by molar-refractivity contribution is 0.183. The standard InChI is InChI=1S/C9H14N4O2S2/c1-5(16-3)7-10-11-8(17-7)13-6(14)4-12(2)9(13)15/h5-6,14H,4H2,1-3H3. The number of aromatic nitrogens is 2. The molecule has 2 unspecified atom stereocenters. The molecule has 1 fully saturated rings. The van der Waals surface area contributed by atoms with Crippen molar-refractivity contribution < 1.29 is 9.90 Å². The number of likely N-dealkylation sites (N-methyl/N-ethyl adjacent to an activating group) is 1. The number of amides is 2. The number of anilines is 1. The van der Waals surface area contributed by atoms with Gasteiger partial charge in [0.25, 0.3) is 0 Å². The number of urea groups is 1. The summed E-state index contributed by atoms with van der Waals surface area (Å²) in [6, 6.07) is -0.239. The van der Waals surface area contributed by atoms with E-state index < -0.39 is 6.23 Å². The van der Waals surface area contributed by atoms with E-state index >= 15 is 0 Å². The van der Waals surface area contributed by atoms with Crippen LogP contribution in [0.2, 0.25) is 0 Å². The van der Waals surface area contributed by atoms with Gasteiger partial charge in [0.05, 0.1) is 11.8 Å². The Balaban J connectivity index is 2.23. The molecule has 1 aliphatic heterocycles. The number of hydrogen-bond donors (Lipinski definition) is 1. The molecule has 17 heavy (non-hydrogen) atoms. The molecule has 8 heteroatoms. The van der Waals surface area contributed by atoms with Crippen molar-refractivity contribution in [3.8, 4) is 0 Å². The molecule has 0 bridgehead atoms. The lowest BCUT2D eigenvalue weighted by atomic mass is 10.5. The van der Waals surface area contributed by atoms with Crippen LogP contribution in [0.3, 0.4) is 0 Å². The second kappa shape index (κ2) is 4.79. The molecule has 2 heterocycles. The maximum absolute atomic E-state index is 11.8.